The molecule has 0 saturated carbocycles. The van der Waals surface area contributed by atoms with Crippen LogP contribution in [-0.2, 0) is 0 Å². The van der Waals surface area contributed by atoms with Gasteiger partial charge in [-0.3, -0.25) is 0 Å². The first-order chi connectivity index (χ1) is 5.47. The molecule has 0 fully saturated rings. The molecule has 58 valence electrons. The number of hydrogen-bond donors (Lipinski definition) is 0. The molecule has 0 spiro atoms. The minimum absolute atomic E-state index is 0.736. The van der Waals surface area contributed by atoms with Crippen LogP contribution in [0.3, 0.4) is 0 Å². The van der Waals surface area contributed by atoms with E-state index in [1.165, 1.54) is 19.3 Å². The van der Waals surface area contributed by atoms with Crippen molar-refractivity contribution in [3.05, 3.63) is 36.5 Å². The zero-order valence-corrected chi connectivity index (χ0v) is 6.74. The molecule has 0 heteroatoms. The van der Waals surface area contributed by atoms with Gasteiger partial charge >= 0.3 is 0 Å². The molecule has 1 unspecified atom stereocenters. The van der Waals surface area contributed by atoms with E-state index in [2.05, 4.69) is 36.5 Å². The summed E-state index contributed by atoms with van der Waals surface area (Å²) >= 11 is 0. The van der Waals surface area contributed by atoms with Crippen LogP contribution < -0.4 is 0 Å². The van der Waals surface area contributed by atoms with E-state index < -0.39 is 0 Å². The molecule has 0 heterocycles. The van der Waals surface area contributed by atoms with Gasteiger partial charge in [0.05, 0.1) is 0 Å². The molecule has 0 nitrogen and oxygen atoms in total. The van der Waals surface area contributed by atoms with Gasteiger partial charge in [-0.05, 0) is 31.1 Å². The van der Waals surface area contributed by atoms with E-state index in [9.17, 15) is 0 Å². The standard InChI is InChI=1S/C11H14/c1-2-6-10(7-3-1)11-8-4-5-9-11/h1-2,4-5,8-11H,3,6-7H2. The Bertz CT molecular complexity index is 196. The number of rotatable bonds is 1. The summed E-state index contributed by atoms with van der Waals surface area (Å²) in [5.74, 6) is 1.62. The van der Waals surface area contributed by atoms with Gasteiger partial charge in [0, 0.05) is 0 Å². The highest BCUT2D eigenvalue weighted by molar-refractivity contribution is 5.19. The molecule has 0 aromatic carbocycles. The van der Waals surface area contributed by atoms with Crippen molar-refractivity contribution in [1.82, 2.24) is 0 Å². The largest absolute Gasteiger partial charge is 0.0885 e. The fourth-order valence-corrected chi connectivity index (χ4v) is 1.93. The average Bonchev–Trinajstić information content (AvgIpc) is 2.58. The lowest BCUT2D eigenvalue weighted by molar-refractivity contribution is 0.419. The van der Waals surface area contributed by atoms with Crippen molar-refractivity contribution in [3.8, 4) is 0 Å². The molecule has 2 rings (SSSR count). The minimum atomic E-state index is 0.736. The molecular formula is C11H14. The van der Waals surface area contributed by atoms with Crippen molar-refractivity contribution in [1.29, 1.82) is 0 Å². The van der Waals surface area contributed by atoms with E-state index in [0.717, 1.165) is 11.8 Å². The van der Waals surface area contributed by atoms with Crippen molar-refractivity contribution >= 4 is 0 Å². The van der Waals surface area contributed by atoms with E-state index in [1.807, 2.05) is 0 Å². The lowest BCUT2D eigenvalue weighted by atomic mass is 9.84. The van der Waals surface area contributed by atoms with Crippen LogP contribution in [0.4, 0.5) is 0 Å². The second-order valence-electron chi connectivity index (χ2n) is 3.39. The van der Waals surface area contributed by atoms with Crippen LogP contribution in [0.2, 0.25) is 0 Å². The minimum Gasteiger partial charge on any atom is -0.0885 e. The summed E-state index contributed by atoms with van der Waals surface area (Å²) in [5, 5.41) is 0. The molecule has 2 aliphatic rings. The van der Waals surface area contributed by atoms with Crippen LogP contribution in [0.5, 0.6) is 0 Å². The van der Waals surface area contributed by atoms with Gasteiger partial charge in [-0.2, -0.15) is 0 Å². The van der Waals surface area contributed by atoms with Gasteiger partial charge in [-0.1, -0.05) is 36.5 Å². The van der Waals surface area contributed by atoms with Crippen LogP contribution in [0, 0.1) is 11.8 Å². The smallest absolute Gasteiger partial charge is 0.00159 e. The van der Waals surface area contributed by atoms with Crippen LogP contribution in [0.1, 0.15) is 19.3 Å². The average molecular weight is 146 g/mol. The Morgan fingerprint density at radius 3 is 2.45 bits per heavy atom. The quantitative estimate of drug-likeness (QED) is 0.499. The highest BCUT2D eigenvalue weighted by Crippen LogP contribution is 2.29. The Kier molecular flexibility index (Phi) is 1.93. The molecule has 0 N–H and O–H groups in total. The molecule has 0 aromatic rings. The Balaban J connectivity index is 1.99. The Morgan fingerprint density at radius 1 is 1.00 bits per heavy atom. The molecule has 1 atom stereocenters. The van der Waals surface area contributed by atoms with Gasteiger partial charge in [-0.15, -0.1) is 0 Å². The summed E-state index contributed by atoms with van der Waals surface area (Å²) in [6.45, 7) is 0. The monoisotopic (exact) mass is 146 g/mol. The maximum absolute atomic E-state index is 2.33. The van der Waals surface area contributed by atoms with Gasteiger partial charge in [-0.25, -0.2) is 0 Å². The Morgan fingerprint density at radius 2 is 1.82 bits per heavy atom. The maximum Gasteiger partial charge on any atom is -0.00159 e. The van der Waals surface area contributed by atoms with Crippen LogP contribution in [-0.4, -0.2) is 0 Å². The lowest BCUT2D eigenvalue weighted by Crippen LogP contribution is -2.10. The summed E-state index contributed by atoms with van der Waals surface area (Å²) in [6.07, 6.45) is 17.5. The van der Waals surface area contributed by atoms with E-state index in [4.69, 9.17) is 0 Å². The van der Waals surface area contributed by atoms with Crippen molar-refractivity contribution in [2.24, 2.45) is 11.8 Å². The summed E-state index contributed by atoms with van der Waals surface area (Å²) in [7, 11) is 0. The second kappa shape index (κ2) is 3.08. The predicted octanol–water partition coefficient (Wildman–Crippen LogP) is 3.08. The third-order valence-corrected chi connectivity index (χ3v) is 2.63. The van der Waals surface area contributed by atoms with Crippen molar-refractivity contribution in [2.45, 2.75) is 19.3 Å². The lowest BCUT2D eigenvalue weighted by Gasteiger charge is -2.21. The van der Waals surface area contributed by atoms with Gasteiger partial charge in [0.1, 0.15) is 0 Å². The SMILES string of the molecule is C1=CC(C2CC=CCC2)C=C1. The normalized spacial score (nSPS) is 30.0. The van der Waals surface area contributed by atoms with Crippen molar-refractivity contribution < 1.29 is 0 Å². The molecule has 0 radical (unpaired) electrons. The molecule has 0 aliphatic heterocycles. The first kappa shape index (κ1) is 6.90. The molecular weight excluding hydrogens is 132 g/mol. The molecule has 0 saturated heterocycles. The van der Waals surface area contributed by atoms with Crippen molar-refractivity contribution in [3.63, 3.8) is 0 Å². The van der Waals surface area contributed by atoms with Gasteiger partial charge in [0.2, 0.25) is 0 Å². The molecule has 0 amide bonds. The summed E-state index contributed by atoms with van der Waals surface area (Å²) in [4.78, 5) is 0. The van der Waals surface area contributed by atoms with Gasteiger partial charge in [0.15, 0.2) is 0 Å². The van der Waals surface area contributed by atoms with Crippen LogP contribution in [0.25, 0.3) is 0 Å². The van der Waals surface area contributed by atoms with Crippen LogP contribution in [0.15, 0.2) is 36.5 Å². The fourth-order valence-electron chi connectivity index (χ4n) is 1.93. The van der Waals surface area contributed by atoms with E-state index in [0.29, 0.717) is 0 Å². The number of hydrogen-bond acceptors (Lipinski definition) is 0. The summed E-state index contributed by atoms with van der Waals surface area (Å²) in [5.41, 5.74) is 0. The van der Waals surface area contributed by atoms with Crippen LogP contribution >= 0.6 is 0 Å². The second-order valence-corrected chi connectivity index (χ2v) is 3.39. The fraction of sp³-hybridized carbons (Fsp3) is 0.455. The zero-order chi connectivity index (χ0) is 7.52. The maximum atomic E-state index is 2.33. The molecule has 2 aliphatic carbocycles. The highest BCUT2D eigenvalue weighted by atomic mass is 14.2. The third-order valence-electron chi connectivity index (χ3n) is 2.63. The molecule has 0 bridgehead atoms. The highest BCUT2D eigenvalue weighted by Gasteiger charge is 2.17. The topological polar surface area (TPSA) is 0 Å². The van der Waals surface area contributed by atoms with E-state index in [-0.39, 0.29) is 0 Å². The first-order valence-electron chi connectivity index (χ1n) is 4.47. The number of allylic oxidation sites excluding steroid dienone is 6. The van der Waals surface area contributed by atoms with Gasteiger partial charge < -0.3 is 0 Å². The van der Waals surface area contributed by atoms with Gasteiger partial charge in [0.25, 0.3) is 0 Å². The summed E-state index contributed by atoms with van der Waals surface area (Å²) in [6, 6.07) is 0. The van der Waals surface area contributed by atoms with E-state index in [1.54, 1.807) is 0 Å². The summed E-state index contributed by atoms with van der Waals surface area (Å²) < 4.78 is 0. The molecule has 11 heavy (non-hydrogen) atoms. The Labute approximate surface area is 68.3 Å². The zero-order valence-electron chi connectivity index (χ0n) is 6.74. The predicted molar refractivity (Wildman–Crippen MR) is 48.3 cm³/mol. The Hall–Kier alpha value is -0.780. The van der Waals surface area contributed by atoms with E-state index >= 15 is 0 Å². The third kappa shape index (κ3) is 1.45. The molecule has 0 aromatic heterocycles. The van der Waals surface area contributed by atoms with Crippen molar-refractivity contribution in [2.75, 3.05) is 0 Å². The first-order valence-corrected chi connectivity index (χ1v) is 4.47.